The van der Waals surface area contributed by atoms with Crippen LogP contribution in [0.3, 0.4) is 0 Å². The fraction of sp³-hybridized carbons (Fsp3) is 0.647. The summed E-state index contributed by atoms with van der Waals surface area (Å²) in [7, 11) is 0. The summed E-state index contributed by atoms with van der Waals surface area (Å²) in [6.45, 7) is 8.12. The predicted octanol–water partition coefficient (Wildman–Crippen LogP) is 3.21. The van der Waals surface area contributed by atoms with Crippen molar-refractivity contribution in [2.75, 3.05) is 19.6 Å². The fourth-order valence-electron chi connectivity index (χ4n) is 3.17. The summed E-state index contributed by atoms with van der Waals surface area (Å²) in [5.41, 5.74) is 1.70. The Bertz CT molecular complexity index is 409. The largest absolute Gasteiger partial charge is 0.309 e. The van der Waals surface area contributed by atoms with Gasteiger partial charge < -0.3 is 5.32 Å². The molecule has 104 valence electrons. The molecule has 2 heteroatoms. The van der Waals surface area contributed by atoms with E-state index >= 15 is 0 Å². The second-order valence-corrected chi connectivity index (χ2v) is 6.89. The van der Waals surface area contributed by atoms with Crippen LogP contribution in [0.4, 0.5) is 0 Å². The van der Waals surface area contributed by atoms with Gasteiger partial charge in [-0.25, -0.2) is 0 Å². The zero-order valence-electron chi connectivity index (χ0n) is 12.2. The summed E-state index contributed by atoms with van der Waals surface area (Å²) in [5, 5.41) is 3.70. The molecule has 1 aromatic carbocycles. The molecule has 2 aliphatic rings. The standard InChI is InChI=1S/C17H26N2/c1-17(2)13-19(11-10-14-8-9-14)16(12-18-17)15-6-4-3-5-7-15/h3-7,14,16,18H,8-13H2,1-2H3. The lowest BCUT2D eigenvalue weighted by molar-refractivity contribution is 0.0923. The average molecular weight is 258 g/mol. The molecule has 1 aliphatic heterocycles. The Morgan fingerprint density at radius 1 is 1.21 bits per heavy atom. The van der Waals surface area contributed by atoms with Crippen LogP contribution in [-0.4, -0.2) is 30.1 Å². The highest BCUT2D eigenvalue weighted by Crippen LogP contribution is 2.34. The van der Waals surface area contributed by atoms with Crippen LogP contribution in [-0.2, 0) is 0 Å². The zero-order valence-corrected chi connectivity index (χ0v) is 12.2. The second-order valence-electron chi connectivity index (χ2n) is 6.89. The Morgan fingerprint density at radius 3 is 2.63 bits per heavy atom. The van der Waals surface area contributed by atoms with Crippen molar-refractivity contribution in [1.82, 2.24) is 10.2 Å². The van der Waals surface area contributed by atoms with Gasteiger partial charge in [-0.05, 0) is 38.3 Å². The number of rotatable bonds is 4. The van der Waals surface area contributed by atoms with E-state index in [1.165, 1.54) is 31.4 Å². The van der Waals surface area contributed by atoms with E-state index in [2.05, 4.69) is 54.4 Å². The van der Waals surface area contributed by atoms with Gasteiger partial charge in [0.1, 0.15) is 0 Å². The molecule has 1 atom stereocenters. The van der Waals surface area contributed by atoms with Gasteiger partial charge in [-0.15, -0.1) is 0 Å². The van der Waals surface area contributed by atoms with Gasteiger partial charge in [0.2, 0.25) is 0 Å². The molecular weight excluding hydrogens is 232 g/mol. The molecule has 1 N–H and O–H groups in total. The maximum atomic E-state index is 3.70. The molecule has 2 nitrogen and oxygen atoms in total. The molecule has 3 rings (SSSR count). The maximum Gasteiger partial charge on any atom is 0.0473 e. The van der Waals surface area contributed by atoms with Crippen molar-refractivity contribution in [3.8, 4) is 0 Å². The van der Waals surface area contributed by atoms with Gasteiger partial charge in [0.05, 0.1) is 0 Å². The molecule has 1 saturated carbocycles. The number of nitrogens with one attached hydrogen (secondary N) is 1. The third-order valence-electron chi connectivity index (χ3n) is 4.52. The Morgan fingerprint density at radius 2 is 1.95 bits per heavy atom. The molecule has 1 aliphatic carbocycles. The quantitative estimate of drug-likeness (QED) is 0.892. The molecule has 0 amide bonds. The maximum absolute atomic E-state index is 3.70. The van der Waals surface area contributed by atoms with Crippen molar-refractivity contribution < 1.29 is 0 Å². The van der Waals surface area contributed by atoms with Crippen molar-refractivity contribution >= 4 is 0 Å². The molecule has 0 bridgehead atoms. The monoisotopic (exact) mass is 258 g/mol. The highest BCUT2D eigenvalue weighted by molar-refractivity contribution is 5.20. The van der Waals surface area contributed by atoms with Crippen LogP contribution in [0, 0.1) is 5.92 Å². The van der Waals surface area contributed by atoms with Gasteiger partial charge in [0.25, 0.3) is 0 Å². The molecule has 0 radical (unpaired) electrons. The van der Waals surface area contributed by atoms with Crippen molar-refractivity contribution in [2.24, 2.45) is 5.92 Å². The van der Waals surface area contributed by atoms with Crippen LogP contribution in [0.1, 0.15) is 44.7 Å². The van der Waals surface area contributed by atoms with Gasteiger partial charge >= 0.3 is 0 Å². The Labute approximate surface area is 117 Å². The molecule has 1 unspecified atom stereocenters. The van der Waals surface area contributed by atoms with E-state index in [0.717, 1.165) is 19.0 Å². The first kappa shape index (κ1) is 13.1. The summed E-state index contributed by atoms with van der Waals surface area (Å²) in [6.07, 6.45) is 4.32. The summed E-state index contributed by atoms with van der Waals surface area (Å²) in [6, 6.07) is 11.5. The van der Waals surface area contributed by atoms with E-state index < -0.39 is 0 Å². The lowest BCUT2D eigenvalue weighted by atomic mass is 9.94. The predicted molar refractivity (Wildman–Crippen MR) is 80.2 cm³/mol. The molecule has 1 saturated heterocycles. The summed E-state index contributed by atoms with van der Waals surface area (Å²) >= 11 is 0. The summed E-state index contributed by atoms with van der Waals surface area (Å²) in [4.78, 5) is 2.70. The van der Waals surface area contributed by atoms with Gasteiger partial charge in [0, 0.05) is 24.7 Å². The number of piperazine rings is 1. The minimum atomic E-state index is 0.245. The first-order valence-electron chi connectivity index (χ1n) is 7.68. The van der Waals surface area contributed by atoms with Crippen LogP contribution < -0.4 is 5.32 Å². The van der Waals surface area contributed by atoms with Crippen LogP contribution in [0.15, 0.2) is 30.3 Å². The third kappa shape index (κ3) is 3.37. The lowest BCUT2D eigenvalue weighted by Gasteiger charge is -2.45. The minimum Gasteiger partial charge on any atom is -0.309 e. The molecule has 1 aromatic rings. The van der Waals surface area contributed by atoms with Crippen molar-refractivity contribution in [1.29, 1.82) is 0 Å². The smallest absolute Gasteiger partial charge is 0.0473 e. The van der Waals surface area contributed by atoms with Gasteiger partial charge in [-0.2, -0.15) is 0 Å². The molecule has 2 fully saturated rings. The van der Waals surface area contributed by atoms with E-state index in [4.69, 9.17) is 0 Å². The third-order valence-corrected chi connectivity index (χ3v) is 4.52. The number of hydrogen-bond donors (Lipinski definition) is 1. The normalized spacial score (nSPS) is 27.4. The Balaban J connectivity index is 1.72. The van der Waals surface area contributed by atoms with Crippen molar-refractivity contribution in [3.05, 3.63) is 35.9 Å². The molecule has 1 heterocycles. The Kier molecular flexibility index (Phi) is 3.64. The molecular formula is C17H26N2. The number of nitrogens with zero attached hydrogens (tertiary/aromatic N) is 1. The average Bonchev–Trinajstić information content (AvgIpc) is 3.20. The highest BCUT2D eigenvalue weighted by Gasteiger charge is 2.34. The van der Waals surface area contributed by atoms with Crippen LogP contribution >= 0.6 is 0 Å². The van der Waals surface area contributed by atoms with E-state index in [-0.39, 0.29) is 5.54 Å². The lowest BCUT2D eigenvalue weighted by Crippen LogP contribution is -2.58. The Hall–Kier alpha value is -0.860. The van der Waals surface area contributed by atoms with E-state index in [9.17, 15) is 0 Å². The summed E-state index contributed by atoms with van der Waals surface area (Å²) < 4.78 is 0. The summed E-state index contributed by atoms with van der Waals surface area (Å²) in [5.74, 6) is 1.02. The van der Waals surface area contributed by atoms with E-state index in [1.54, 1.807) is 0 Å². The highest BCUT2D eigenvalue weighted by atomic mass is 15.2. The van der Waals surface area contributed by atoms with Crippen molar-refractivity contribution in [3.63, 3.8) is 0 Å². The van der Waals surface area contributed by atoms with E-state index in [1.807, 2.05) is 0 Å². The minimum absolute atomic E-state index is 0.245. The van der Waals surface area contributed by atoms with Crippen LogP contribution in [0.25, 0.3) is 0 Å². The van der Waals surface area contributed by atoms with Crippen LogP contribution in [0.2, 0.25) is 0 Å². The molecule has 19 heavy (non-hydrogen) atoms. The first-order chi connectivity index (χ1) is 9.14. The second kappa shape index (κ2) is 5.26. The number of hydrogen-bond acceptors (Lipinski definition) is 2. The van der Waals surface area contributed by atoms with Crippen LogP contribution in [0.5, 0.6) is 0 Å². The SMILES string of the molecule is CC1(C)CN(CCC2CC2)C(c2ccccc2)CN1. The van der Waals surface area contributed by atoms with Gasteiger partial charge in [0.15, 0.2) is 0 Å². The molecule has 0 spiro atoms. The number of benzene rings is 1. The topological polar surface area (TPSA) is 15.3 Å². The van der Waals surface area contributed by atoms with Crippen molar-refractivity contribution in [2.45, 2.75) is 44.7 Å². The van der Waals surface area contributed by atoms with Gasteiger partial charge in [-0.3, -0.25) is 4.90 Å². The fourth-order valence-corrected chi connectivity index (χ4v) is 3.17. The van der Waals surface area contributed by atoms with Gasteiger partial charge in [-0.1, -0.05) is 43.2 Å². The zero-order chi connectivity index (χ0) is 13.3. The first-order valence-corrected chi connectivity index (χ1v) is 7.68. The van der Waals surface area contributed by atoms with E-state index in [0.29, 0.717) is 6.04 Å². The molecule has 0 aromatic heterocycles.